The molecule has 5 heteroatoms. The predicted molar refractivity (Wildman–Crippen MR) is 103 cm³/mol. The number of hydrogen-bond donors (Lipinski definition) is 2. The largest absolute Gasteiger partial charge is 0.497 e. The minimum atomic E-state index is -0.285. The molecule has 0 unspecified atom stereocenters. The lowest BCUT2D eigenvalue weighted by atomic mass is 9.46. The van der Waals surface area contributed by atoms with E-state index in [2.05, 4.69) is 10.6 Å². The molecule has 0 heterocycles. The highest BCUT2D eigenvalue weighted by molar-refractivity contribution is 5.84. The number of ether oxygens (including phenoxy) is 1. The van der Waals surface area contributed by atoms with E-state index in [1.165, 1.54) is 12.0 Å². The lowest BCUT2D eigenvalue weighted by Crippen LogP contribution is -2.65. The summed E-state index contributed by atoms with van der Waals surface area (Å²) in [5, 5.41) is 6.43. The Balaban J connectivity index is 1.39. The third-order valence-corrected chi connectivity index (χ3v) is 6.84. The summed E-state index contributed by atoms with van der Waals surface area (Å²) in [6, 6.07) is 7.99. The van der Waals surface area contributed by atoms with Crippen LogP contribution in [0.2, 0.25) is 0 Å². The molecule has 5 nitrogen and oxygen atoms in total. The van der Waals surface area contributed by atoms with Crippen molar-refractivity contribution in [2.24, 2.45) is 17.3 Å². The normalized spacial score (nSPS) is 33.6. The molecule has 2 N–H and O–H groups in total. The summed E-state index contributed by atoms with van der Waals surface area (Å²) in [6.45, 7) is 2.25. The van der Waals surface area contributed by atoms with Crippen LogP contribution in [0.15, 0.2) is 24.3 Å². The maximum absolute atomic E-state index is 13.2. The van der Waals surface area contributed by atoms with Crippen molar-refractivity contribution in [3.05, 3.63) is 29.8 Å². The number of rotatable bonds is 6. The summed E-state index contributed by atoms with van der Waals surface area (Å²) in [6.07, 6.45) is 6.91. The number of benzene rings is 1. The van der Waals surface area contributed by atoms with Gasteiger partial charge in [-0.05, 0) is 74.5 Å². The molecule has 0 aromatic heterocycles. The first-order valence-corrected chi connectivity index (χ1v) is 10.1. The molecule has 0 radical (unpaired) electrons. The van der Waals surface area contributed by atoms with Gasteiger partial charge in [0.2, 0.25) is 11.8 Å². The van der Waals surface area contributed by atoms with Gasteiger partial charge in [0.05, 0.1) is 12.5 Å². The molecule has 5 rings (SSSR count). The number of amides is 2. The summed E-state index contributed by atoms with van der Waals surface area (Å²) < 4.78 is 5.19. The van der Waals surface area contributed by atoms with E-state index < -0.39 is 0 Å². The Morgan fingerprint density at radius 1 is 1.11 bits per heavy atom. The molecule has 27 heavy (non-hydrogen) atoms. The number of nitrogens with one attached hydrogen (secondary N) is 2. The molecule has 2 amide bonds. The van der Waals surface area contributed by atoms with E-state index in [9.17, 15) is 9.59 Å². The lowest BCUT2D eigenvalue weighted by molar-refractivity contribution is -0.153. The zero-order valence-electron chi connectivity index (χ0n) is 16.3. The van der Waals surface area contributed by atoms with Crippen molar-refractivity contribution < 1.29 is 14.3 Å². The second-order valence-corrected chi connectivity index (χ2v) is 9.06. The standard InChI is InChI=1S/C22H30N2O3/c1-15(25)24-22-12-17-9-18(13-22)11-21(10-17,14-22)20(26)23-8-7-16-3-5-19(27-2)6-4-16/h3-6,17-18H,7-14H2,1-2H3,(H,23,26)(H,24,25)/t17-,18-,21?,22?/m0/s1. The second kappa shape index (κ2) is 6.84. The molecule has 1 aromatic carbocycles. The number of carbonyl (C=O) groups excluding carboxylic acids is 2. The molecule has 0 aliphatic heterocycles. The van der Waals surface area contributed by atoms with E-state index in [1.54, 1.807) is 14.0 Å². The highest BCUT2D eigenvalue weighted by Crippen LogP contribution is 2.61. The van der Waals surface area contributed by atoms with Crippen molar-refractivity contribution in [3.63, 3.8) is 0 Å². The summed E-state index contributed by atoms with van der Waals surface area (Å²) in [4.78, 5) is 24.9. The van der Waals surface area contributed by atoms with E-state index in [-0.39, 0.29) is 22.8 Å². The maximum atomic E-state index is 13.2. The van der Waals surface area contributed by atoms with Crippen LogP contribution in [0.1, 0.15) is 51.0 Å². The summed E-state index contributed by atoms with van der Waals surface area (Å²) in [7, 11) is 1.66. The third kappa shape index (κ3) is 3.56. The van der Waals surface area contributed by atoms with E-state index in [0.717, 1.165) is 44.3 Å². The van der Waals surface area contributed by atoms with Crippen molar-refractivity contribution in [2.75, 3.05) is 13.7 Å². The topological polar surface area (TPSA) is 67.4 Å². The van der Waals surface area contributed by atoms with E-state index in [1.807, 2.05) is 24.3 Å². The first-order valence-electron chi connectivity index (χ1n) is 10.1. The van der Waals surface area contributed by atoms with Gasteiger partial charge in [0.15, 0.2) is 0 Å². The SMILES string of the molecule is COc1ccc(CCNC(=O)C23C[C@@H]4C[C@H](CC(NC(C)=O)(C4)C2)C3)cc1. The molecule has 4 aliphatic carbocycles. The number of hydrogen-bond acceptors (Lipinski definition) is 3. The van der Waals surface area contributed by atoms with Crippen LogP contribution in [0, 0.1) is 17.3 Å². The Labute approximate surface area is 161 Å². The monoisotopic (exact) mass is 370 g/mol. The average Bonchev–Trinajstić information content (AvgIpc) is 2.60. The van der Waals surface area contributed by atoms with E-state index in [0.29, 0.717) is 18.4 Å². The predicted octanol–water partition coefficient (Wildman–Crippen LogP) is 2.83. The zero-order chi connectivity index (χ0) is 19.1. The van der Waals surface area contributed by atoms with Crippen LogP contribution >= 0.6 is 0 Å². The smallest absolute Gasteiger partial charge is 0.226 e. The molecule has 1 aromatic rings. The van der Waals surface area contributed by atoms with Gasteiger partial charge in [-0.1, -0.05) is 12.1 Å². The lowest BCUT2D eigenvalue weighted by Gasteiger charge is -2.61. The van der Waals surface area contributed by atoms with Gasteiger partial charge in [0.1, 0.15) is 5.75 Å². The molecule has 0 spiro atoms. The van der Waals surface area contributed by atoms with Gasteiger partial charge in [0.25, 0.3) is 0 Å². The molecule has 146 valence electrons. The minimum absolute atomic E-state index is 0.0343. The van der Waals surface area contributed by atoms with Gasteiger partial charge in [-0.3, -0.25) is 9.59 Å². The Morgan fingerprint density at radius 2 is 1.78 bits per heavy atom. The number of methoxy groups -OCH3 is 1. The second-order valence-electron chi connectivity index (χ2n) is 9.06. The Hall–Kier alpha value is -2.04. The Kier molecular flexibility index (Phi) is 4.65. The van der Waals surface area contributed by atoms with Crippen molar-refractivity contribution in [2.45, 2.75) is 57.4 Å². The van der Waals surface area contributed by atoms with Gasteiger partial charge in [0, 0.05) is 19.0 Å². The molecule has 2 atom stereocenters. The molecule has 4 aliphatic rings. The first-order chi connectivity index (χ1) is 12.9. The van der Waals surface area contributed by atoms with Crippen LogP contribution < -0.4 is 15.4 Å². The van der Waals surface area contributed by atoms with Crippen LogP contribution in [0.3, 0.4) is 0 Å². The molecule has 0 saturated heterocycles. The van der Waals surface area contributed by atoms with Crippen LogP contribution in [-0.2, 0) is 16.0 Å². The van der Waals surface area contributed by atoms with Crippen molar-refractivity contribution in [3.8, 4) is 5.75 Å². The van der Waals surface area contributed by atoms with Gasteiger partial charge < -0.3 is 15.4 Å². The van der Waals surface area contributed by atoms with Crippen molar-refractivity contribution in [1.82, 2.24) is 10.6 Å². The minimum Gasteiger partial charge on any atom is -0.497 e. The molecular weight excluding hydrogens is 340 g/mol. The summed E-state index contributed by atoms with van der Waals surface area (Å²) in [5.74, 6) is 2.22. The van der Waals surface area contributed by atoms with Gasteiger partial charge in [-0.2, -0.15) is 0 Å². The van der Waals surface area contributed by atoms with E-state index >= 15 is 0 Å². The fourth-order valence-electron chi connectivity index (χ4n) is 6.35. The fourth-order valence-corrected chi connectivity index (χ4v) is 6.35. The molecule has 4 bridgehead atoms. The highest BCUT2D eigenvalue weighted by atomic mass is 16.5. The van der Waals surface area contributed by atoms with Crippen molar-refractivity contribution >= 4 is 11.8 Å². The van der Waals surface area contributed by atoms with Gasteiger partial charge in [-0.25, -0.2) is 0 Å². The average molecular weight is 370 g/mol. The Bertz CT molecular complexity index is 714. The van der Waals surface area contributed by atoms with Crippen molar-refractivity contribution in [1.29, 1.82) is 0 Å². The molecule has 4 saturated carbocycles. The van der Waals surface area contributed by atoms with E-state index in [4.69, 9.17) is 4.74 Å². The third-order valence-electron chi connectivity index (χ3n) is 6.84. The summed E-state index contributed by atoms with van der Waals surface area (Å²) >= 11 is 0. The quantitative estimate of drug-likeness (QED) is 0.809. The highest BCUT2D eigenvalue weighted by Gasteiger charge is 2.60. The number of carbonyl (C=O) groups is 2. The summed E-state index contributed by atoms with van der Waals surface area (Å²) in [5.41, 5.74) is 0.756. The maximum Gasteiger partial charge on any atom is 0.226 e. The Morgan fingerprint density at radius 3 is 2.37 bits per heavy atom. The fraction of sp³-hybridized carbons (Fsp3) is 0.636. The zero-order valence-corrected chi connectivity index (χ0v) is 16.3. The van der Waals surface area contributed by atoms with Crippen LogP contribution in [-0.4, -0.2) is 31.0 Å². The molecular formula is C22H30N2O3. The van der Waals surface area contributed by atoms with Crippen LogP contribution in [0.4, 0.5) is 0 Å². The van der Waals surface area contributed by atoms with Crippen LogP contribution in [0.5, 0.6) is 5.75 Å². The van der Waals surface area contributed by atoms with Gasteiger partial charge >= 0.3 is 0 Å². The molecule has 4 fully saturated rings. The van der Waals surface area contributed by atoms with Gasteiger partial charge in [-0.15, -0.1) is 0 Å². The first kappa shape index (κ1) is 18.3. The van der Waals surface area contributed by atoms with Crippen LogP contribution in [0.25, 0.3) is 0 Å².